The maximum Gasteiger partial charge on any atom is 0.410 e. The minimum Gasteiger partial charge on any atom is -0.501 e. The third-order valence-electron chi connectivity index (χ3n) is 3.93. The number of allylic oxidation sites excluding steroid dienone is 1. The number of piperidine rings is 1. The van der Waals surface area contributed by atoms with E-state index in [0.29, 0.717) is 31.7 Å². The van der Waals surface area contributed by atoms with E-state index in [0.717, 1.165) is 5.57 Å². The summed E-state index contributed by atoms with van der Waals surface area (Å²) in [5.74, 6) is 0.642. The van der Waals surface area contributed by atoms with Gasteiger partial charge in [0.1, 0.15) is 5.60 Å². The van der Waals surface area contributed by atoms with E-state index in [-0.39, 0.29) is 11.8 Å². The number of amides is 1. The molecule has 6 nitrogen and oxygen atoms in total. The van der Waals surface area contributed by atoms with Gasteiger partial charge in [0.15, 0.2) is 9.84 Å². The average molecular weight is 347 g/mol. The molecule has 1 aliphatic heterocycles. The molecule has 0 aromatic heterocycles. The van der Waals surface area contributed by atoms with Crippen LogP contribution in [0.25, 0.3) is 0 Å². The Kier molecular flexibility index (Phi) is 6.50. The fourth-order valence-corrected chi connectivity index (χ4v) is 4.39. The molecule has 0 aromatic carbocycles. The Bertz CT molecular complexity index is 552. The number of likely N-dealkylation sites (tertiary alicyclic amines) is 1. The smallest absolute Gasteiger partial charge is 0.410 e. The Morgan fingerprint density at radius 1 is 1.17 bits per heavy atom. The molecule has 1 amide bonds. The van der Waals surface area contributed by atoms with E-state index in [1.54, 1.807) is 18.7 Å². The predicted octanol–water partition coefficient (Wildman–Crippen LogP) is 2.74. The van der Waals surface area contributed by atoms with Crippen LogP contribution in [0, 0.1) is 0 Å². The normalized spacial score (nSPS) is 18.4. The lowest BCUT2D eigenvalue weighted by molar-refractivity contribution is 0.0217. The molecule has 1 rings (SSSR count). The molecule has 1 saturated heterocycles. The highest BCUT2D eigenvalue weighted by atomic mass is 32.2. The predicted molar refractivity (Wildman–Crippen MR) is 90.0 cm³/mol. The van der Waals surface area contributed by atoms with Gasteiger partial charge in [0.2, 0.25) is 0 Å². The molecule has 134 valence electrons. The molecule has 0 bridgehead atoms. The Balaban J connectivity index is 2.63. The molecule has 0 spiro atoms. The van der Waals surface area contributed by atoms with Crippen molar-refractivity contribution in [3.63, 3.8) is 0 Å². The van der Waals surface area contributed by atoms with Crippen LogP contribution in [0.2, 0.25) is 0 Å². The first-order valence-electron chi connectivity index (χ1n) is 7.86. The topological polar surface area (TPSA) is 72.9 Å². The quantitative estimate of drug-likeness (QED) is 0.731. The van der Waals surface area contributed by atoms with E-state index in [1.165, 1.54) is 7.11 Å². The van der Waals surface area contributed by atoms with Crippen molar-refractivity contribution in [3.05, 3.63) is 11.3 Å². The largest absolute Gasteiger partial charge is 0.501 e. The number of carbonyl (C=O) groups excluding carboxylic acids is 1. The summed E-state index contributed by atoms with van der Waals surface area (Å²) in [6, 6.07) is 0. The maximum absolute atomic E-state index is 12.5. The molecule has 7 heteroatoms. The lowest BCUT2D eigenvalue weighted by Crippen LogP contribution is -2.45. The SMILES string of the molecule is COC(C)=C(C)CS(=O)(=O)C1CCN(C(=O)OC(C)(C)C)CC1. The van der Waals surface area contributed by atoms with Crippen molar-refractivity contribution >= 4 is 15.9 Å². The van der Waals surface area contributed by atoms with Crippen LogP contribution in [0.4, 0.5) is 4.79 Å². The Hall–Kier alpha value is -1.24. The summed E-state index contributed by atoms with van der Waals surface area (Å²) in [5, 5.41) is -0.416. The zero-order chi connectivity index (χ0) is 17.8. The zero-order valence-corrected chi connectivity index (χ0v) is 15.8. The third kappa shape index (κ3) is 6.05. The number of rotatable bonds is 4. The standard InChI is InChI=1S/C16H29NO5S/c1-12(13(2)21-6)11-23(19,20)14-7-9-17(10-8-14)15(18)22-16(3,4)5/h14H,7-11H2,1-6H3. The van der Waals surface area contributed by atoms with E-state index in [4.69, 9.17) is 9.47 Å². The molecule has 0 aromatic rings. The molecule has 23 heavy (non-hydrogen) atoms. The van der Waals surface area contributed by atoms with Crippen LogP contribution in [0.15, 0.2) is 11.3 Å². The number of carbonyl (C=O) groups is 1. The maximum atomic E-state index is 12.5. The zero-order valence-electron chi connectivity index (χ0n) is 15.0. The van der Waals surface area contributed by atoms with Gasteiger partial charge in [-0.25, -0.2) is 13.2 Å². The summed E-state index contributed by atoms with van der Waals surface area (Å²) < 4.78 is 35.4. The Labute approximate surface area is 139 Å². The Morgan fingerprint density at radius 2 is 1.70 bits per heavy atom. The second kappa shape index (κ2) is 7.55. The minimum absolute atomic E-state index is 0.00375. The molecule has 1 aliphatic rings. The van der Waals surface area contributed by atoms with E-state index >= 15 is 0 Å². The summed E-state index contributed by atoms with van der Waals surface area (Å²) in [7, 11) is -1.71. The molecule has 1 heterocycles. The summed E-state index contributed by atoms with van der Waals surface area (Å²) in [6.07, 6.45) is 0.515. The van der Waals surface area contributed by atoms with Crippen LogP contribution in [0.5, 0.6) is 0 Å². The van der Waals surface area contributed by atoms with Crippen LogP contribution >= 0.6 is 0 Å². The van der Waals surface area contributed by atoms with Crippen LogP contribution in [0.1, 0.15) is 47.5 Å². The van der Waals surface area contributed by atoms with Gasteiger partial charge in [0.05, 0.1) is 23.9 Å². The fraction of sp³-hybridized carbons (Fsp3) is 0.812. The molecule has 0 unspecified atom stereocenters. The van der Waals surface area contributed by atoms with Gasteiger partial charge < -0.3 is 14.4 Å². The highest BCUT2D eigenvalue weighted by Gasteiger charge is 2.33. The molecule has 1 fully saturated rings. The van der Waals surface area contributed by atoms with Gasteiger partial charge in [-0.15, -0.1) is 0 Å². The second-order valence-electron chi connectivity index (χ2n) is 7.01. The van der Waals surface area contributed by atoms with Crippen LogP contribution < -0.4 is 0 Å². The average Bonchev–Trinajstić information content (AvgIpc) is 2.44. The van der Waals surface area contributed by atoms with E-state index in [2.05, 4.69) is 0 Å². The van der Waals surface area contributed by atoms with Gasteiger partial charge in [0.25, 0.3) is 0 Å². The highest BCUT2D eigenvalue weighted by molar-refractivity contribution is 7.92. The fourth-order valence-electron chi connectivity index (χ4n) is 2.42. The summed E-state index contributed by atoms with van der Waals surface area (Å²) >= 11 is 0. The summed E-state index contributed by atoms with van der Waals surface area (Å²) in [5.41, 5.74) is 0.182. The van der Waals surface area contributed by atoms with Gasteiger partial charge in [-0.2, -0.15) is 0 Å². The van der Waals surface area contributed by atoms with Gasteiger partial charge in [-0.3, -0.25) is 0 Å². The van der Waals surface area contributed by atoms with Crippen LogP contribution in [0.3, 0.4) is 0 Å². The summed E-state index contributed by atoms with van der Waals surface area (Å²) in [4.78, 5) is 13.6. The number of methoxy groups -OCH3 is 1. The first kappa shape index (κ1) is 19.8. The van der Waals surface area contributed by atoms with Crippen molar-refractivity contribution in [1.29, 1.82) is 0 Å². The highest BCUT2D eigenvalue weighted by Crippen LogP contribution is 2.22. The van der Waals surface area contributed by atoms with Crippen LogP contribution in [-0.4, -0.2) is 56.2 Å². The number of sulfone groups is 1. The second-order valence-corrected chi connectivity index (χ2v) is 9.30. The van der Waals surface area contributed by atoms with Gasteiger partial charge in [-0.05, 0) is 53.0 Å². The van der Waals surface area contributed by atoms with Crippen LogP contribution in [-0.2, 0) is 19.3 Å². The lowest BCUT2D eigenvalue weighted by Gasteiger charge is -2.33. The van der Waals surface area contributed by atoms with E-state index < -0.39 is 20.7 Å². The third-order valence-corrected chi connectivity index (χ3v) is 6.25. The van der Waals surface area contributed by atoms with E-state index in [1.807, 2.05) is 20.8 Å². The van der Waals surface area contributed by atoms with Crippen molar-refractivity contribution in [1.82, 2.24) is 4.90 Å². The minimum atomic E-state index is -3.24. The van der Waals surface area contributed by atoms with Crippen molar-refractivity contribution in [2.24, 2.45) is 0 Å². The molecular formula is C16H29NO5S. The first-order chi connectivity index (χ1) is 10.5. The van der Waals surface area contributed by atoms with E-state index in [9.17, 15) is 13.2 Å². The molecule has 0 saturated carbocycles. The number of hydrogen-bond acceptors (Lipinski definition) is 5. The summed E-state index contributed by atoms with van der Waals surface area (Å²) in [6.45, 7) is 9.79. The molecule has 0 N–H and O–H groups in total. The molecule has 0 radical (unpaired) electrons. The number of ether oxygens (including phenoxy) is 2. The van der Waals surface area contributed by atoms with Crippen molar-refractivity contribution in [2.45, 2.75) is 58.3 Å². The number of hydrogen-bond donors (Lipinski definition) is 0. The van der Waals surface area contributed by atoms with Gasteiger partial charge >= 0.3 is 6.09 Å². The number of nitrogens with zero attached hydrogens (tertiary/aromatic N) is 1. The monoisotopic (exact) mass is 347 g/mol. The lowest BCUT2D eigenvalue weighted by atomic mass is 10.1. The van der Waals surface area contributed by atoms with Crippen molar-refractivity contribution in [2.75, 3.05) is 26.0 Å². The molecule has 0 aliphatic carbocycles. The molecule has 0 atom stereocenters. The van der Waals surface area contributed by atoms with Gasteiger partial charge in [-0.1, -0.05) is 0 Å². The Morgan fingerprint density at radius 3 is 2.13 bits per heavy atom. The van der Waals surface area contributed by atoms with Crippen molar-refractivity contribution in [3.8, 4) is 0 Å². The first-order valence-corrected chi connectivity index (χ1v) is 9.57. The molecular weight excluding hydrogens is 318 g/mol. The van der Waals surface area contributed by atoms with Crippen molar-refractivity contribution < 1.29 is 22.7 Å². The van der Waals surface area contributed by atoms with Gasteiger partial charge in [0, 0.05) is 13.1 Å².